The first kappa shape index (κ1) is 16.2. The van der Waals surface area contributed by atoms with Crippen LogP contribution in [0.3, 0.4) is 0 Å². The standard InChI is InChI=1S/C16H16FNO3S/c1-16(2,11-5-3-4-6-12(11)17)15(21)18-9-10-7-8-13(22-10)14(19)20/h3-8H,9H2,1-2H3,(H,18,21)(H,19,20). The molecule has 1 amide bonds. The van der Waals surface area contributed by atoms with Crippen LogP contribution < -0.4 is 5.32 Å². The summed E-state index contributed by atoms with van der Waals surface area (Å²) in [6.45, 7) is 3.52. The van der Waals surface area contributed by atoms with Crippen molar-refractivity contribution in [1.29, 1.82) is 0 Å². The number of carboxylic acid groups (broad SMARTS) is 1. The average molecular weight is 321 g/mol. The number of carbonyl (C=O) groups excluding carboxylic acids is 1. The van der Waals surface area contributed by atoms with E-state index in [-0.39, 0.29) is 17.3 Å². The number of carboxylic acids is 1. The predicted molar refractivity (Wildman–Crippen MR) is 82.6 cm³/mol. The number of benzene rings is 1. The summed E-state index contributed by atoms with van der Waals surface area (Å²) in [5.74, 6) is -1.73. The minimum absolute atomic E-state index is 0.217. The molecule has 1 aromatic heterocycles. The molecule has 0 fully saturated rings. The van der Waals surface area contributed by atoms with Crippen molar-refractivity contribution in [2.24, 2.45) is 0 Å². The number of halogens is 1. The highest BCUT2D eigenvalue weighted by atomic mass is 32.1. The second-order valence-corrected chi connectivity index (χ2v) is 6.53. The van der Waals surface area contributed by atoms with E-state index in [0.717, 1.165) is 16.2 Å². The first-order valence-electron chi connectivity index (χ1n) is 6.67. The molecule has 0 saturated heterocycles. The highest BCUT2D eigenvalue weighted by Gasteiger charge is 2.32. The third-order valence-electron chi connectivity index (χ3n) is 3.41. The molecular formula is C16H16FNO3S. The van der Waals surface area contributed by atoms with E-state index in [1.807, 2.05) is 0 Å². The molecule has 0 unspecified atom stereocenters. The average Bonchev–Trinajstić information content (AvgIpc) is 2.94. The lowest BCUT2D eigenvalue weighted by Crippen LogP contribution is -2.40. The van der Waals surface area contributed by atoms with Crippen LogP contribution in [0.5, 0.6) is 0 Å². The lowest BCUT2D eigenvalue weighted by Gasteiger charge is -2.24. The van der Waals surface area contributed by atoms with Crippen molar-refractivity contribution in [3.05, 3.63) is 57.5 Å². The highest BCUT2D eigenvalue weighted by Crippen LogP contribution is 2.26. The van der Waals surface area contributed by atoms with Gasteiger partial charge in [-0.2, -0.15) is 0 Å². The topological polar surface area (TPSA) is 66.4 Å². The Labute approximate surface area is 131 Å². The Morgan fingerprint density at radius 1 is 1.23 bits per heavy atom. The number of carbonyl (C=O) groups is 2. The smallest absolute Gasteiger partial charge is 0.345 e. The maximum Gasteiger partial charge on any atom is 0.345 e. The van der Waals surface area contributed by atoms with Crippen molar-refractivity contribution in [2.45, 2.75) is 25.8 Å². The quantitative estimate of drug-likeness (QED) is 0.889. The van der Waals surface area contributed by atoms with Crippen molar-refractivity contribution < 1.29 is 19.1 Å². The Morgan fingerprint density at radius 3 is 2.50 bits per heavy atom. The van der Waals surface area contributed by atoms with E-state index >= 15 is 0 Å². The Balaban J connectivity index is 2.07. The van der Waals surface area contributed by atoms with Crippen molar-refractivity contribution in [2.75, 3.05) is 0 Å². The van der Waals surface area contributed by atoms with E-state index < -0.39 is 17.2 Å². The molecule has 2 aromatic rings. The number of amides is 1. The van der Waals surface area contributed by atoms with E-state index in [2.05, 4.69) is 5.32 Å². The number of hydrogen-bond acceptors (Lipinski definition) is 3. The van der Waals surface area contributed by atoms with Gasteiger partial charge in [0.15, 0.2) is 0 Å². The largest absolute Gasteiger partial charge is 0.477 e. The SMILES string of the molecule is CC(C)(C(=O)NCc1ccc(C(=O)O)s1)c1ccccc1F. The third-order valence-corrected chi connectivity index (χ3v) is 4.48. The van der Waals surface area contributed by atoms with Crippen LogP contribution in [0.1, 0.15) is 34.0 Å². The fourth-order valence-corrected chi connectivity index (χ4v) is 2.85. The molecule has 0 spiro atoms. The van der Waals surface area contributed by atoms with Gasteiger partial charge in [-0.15, -0.1) is 11.3 Å². The van der Waals surface area contributed by atoms with Gasteiger partial charge >= 0.3 is 5.97 Å². The number of rotatable bonds is 5. The van der Waals surface area contributed by atoms with Crippen LogP contribution in [0.15, 0.2) is 36.4 Å². The molecular weight excluding hydrogens is 305 g/mol. The van der Waals surface area contributed by atoms with Gasteiger partial charge in [0.2, 0.25) is 5.91 Å². The minimum Gasteiger partial charge on any atom is -0.477 e. The van der Waals surface area contributed by atoms with Gasteiger partial charge in [0.25, 0.3) is 0 Å². The molecule has 0 saturated carbocycles. The van der Waals surface area contributed by atoms with E-state index in [0.29, 0.717) is 5.56 Å². The summed E-state index contributed by atoms with van der Waals surface area (Å²) in [7, 11) is 0. The molecule has 0 bridgehead atoms. The molecule has 4 nitrogen and oxygen atoms in total. The Bertz CT molecular complexity index is 709. The second-order valence-electron chi connectivity index (χ2n) is 5.36. The monoisotopic (exact) mass is 321 g/mol. The first-order chi connectivity index (χ1) is 10.3. The van der Waals surface area contributed by atoms with Crippen molar-refractivity contribution in [1.82, 2.24) is 5.32 Å². The van der Waals surface area contributed by atoms with Crippen molar-refractivity contribution in [3.63, 3.8) is 0 Å². The number of nitrogens with one attached hydrogen (secondary N) is 1. The van der Waals surface area contributed by atoms with Crippen LogP contribution >= 0.6 is 11.3 Å². The van der Waals surface area contributed by atoms with Gasteiger partial charge in [-0.25, -0.2) is 9.18 Å². The van der Waals surface area contributed by atoms with E-state index in [1.165, 1.54) is 12.1 Å². The Kier molecular flexibility index (Phi) is 4.61. The van der Waals surface area contributed by atoms with Gasteiger partial charge in [0.1, 0.15) is 10.7 Å². The highest BCUT2D eigenvalue weighted by molar-refractivity contribution is 7.13. The second kappa shape index (κ2) is 6.27. The van der Waals surface area contributed by atoms with E-state index in [4.69, 9.17) is 5.11 Å². The van der Waals surface area contributed by atoms with Crippen molar-refractivity contribution >= 4 is 23.2 Å². The fraction of sp³-hybridized carbons (Fsp3) is 0.250. The summed E-state index contributed by atoms with van der Waals surface area (Å²) < 4.78 is 13.9. The molecule has 0 aliphatic carbocycles. The molecule has 0 aliphatic rings. The van der Waals surface area contributed by atoms with Crippen LogP contribution in [-0.2, 0) is 16.8 Å². The number of aromatic carboxylic acids is 1. The molecule has 1 heterocycles. The van der Waals surface area contributed by atoms with Crippen LogP contribution in [0.4, 0.5) is 4.39 Å². The van der Waals surface area contributed by atoms with Crippen LogP contribution in [0, 0.1) is 5.82 Å². The summed E-state index contributed by atoms with van der Waals surface area (Å²) in [5.41, 5.74) is -0.692. The minimum atomic E-state index is -1.02. The molecule has 2 rings (SSSR count). The Morgan fingerprint density at radius 2 is 1.91 bits per heavy atom. The van der Waals surface area contributed by atoms with Gasteiger partial charge in [-0.05, 0) is 32.0 Å². The molecule has 0 radical (unpaired) electrons. The summed E-state index contributed by atoms with van der Waals surface area (Å²) >= 11 is 1.10. The lowest BCUT2D eigenvalue weighted by atomic mass is 9.83. The third kappa shape index (κ3) is 3.33. The molecule has 116 valence electrons. The maximum absolute atomic E-state index is 13.9. The predicted octanol–water partition coefficient (Wildman–Crippen LogP) is 3.18. The van der Waals surface area contributed by atoms with Gasteiger partial charge < -0.3 is 10.4 Å². The molecule has 2 N–H and O–H groups in total. The van der Waals surface area contributed by atoms with Crippen molar-refractivity contribution in [3.8, 4) is 0 Å². The zero-order valence-electron chi connectivity index (χ0n) is 12.2. The molecule has 6 heteroatoms. The van der Waals surface area contributed by atoms with Gasteiger partial charge in [-0.1, -0.05) is 18.2 Å². The van der Waals surface area contributed by atoms with E-state index in [1.54, 1.807) is 38.1 Å². The summed E-state index contributed by atoms with van der Waals surface area (Å²) in [6.07, 6.45) is 0. The Hall–Kier alpha value is -2.21. The van der Waals surface area contributed by atoms with Crippen LogP contribution in [0.2, 0.25) is 0 Å². The number of thiophene rings is 1. The van der Waals surface area contributed by atoms with E-state index in [9.17, 15) is 14.0 Å². The summed E-state index contributed by atoms with van der Waals surface area (Å²) in [5, 5.41) is 11.6. The molecule has 22 heavy (non-hydrogen) atoms. The lowest BCUT2D eigenvalue weighted by molar-refractivity contribution is -0.125. The first-order valence-corrected chi connectivity index (χ1v) is 7.49. The van der Waals surface area contributed by atoms with Crippen LogP contribution in [0.25, 0.3) is 0 Å². The fourth-order valence-electron chi connectivity index (χ4n) is 2.07. The van der Waals surface area contributed by atoms with Gasteiger partial charge in [0.05, 0.1) is 12.0 Å². The van der Waals surface area contributed by atoms with Gasteiger partial charge in [0, 0.05) is 10.4 Å². The summed E-state index contributed by atoms with van der Waals surface area (Å²) in [4.78, 5) is 24.1. The maximum atomic E-state index is 13.9. The normalized spacial score (nSPS) is 11.2. The van der Waals surface area contributed by atoms with Gasteiger partial charge in [-0.3, -0.25) is 4.79 Å². The molecule has 0 atom stereocenters. The van der Waals surface area contributed by atoms with Crippen LogP contribution in [-0.4, -0.2) is 17.0 Å². The summed E-state index contributed by atoms with van der Waals surface area (Å²) in [6, 6.07) is 9.32. The zero-order valence-corrected chi connectivity index (χ0v) is 13.0. The zero-order chi connectivity index (χ0) is 16.3. The molecule has 0 aliphatic heterocycles. The number of hydrogen-bond donors (Lipinski definition) is 2. The molecule has 1 aromatic carbocycles.